The Labute approximate surface area is 145 Å². The second kappa shape index (κ2) is 6.97. The van der Waals surface area contributed by atoms with Crippen LogP contribution in [0.4, 0.5) is 8.78 Å². The third-order valence-electron chi connectivity index (χ3n) is 3.89. The van der Waals surface area contributed by atoms with Crippen LogP contribution in [0.3, 0.4) is 0 Å². The number of benzene rings is 1. The Balaban J connectivity index is 1.64. The zero-order valence-corrected chi connectivity index (χ0v) is 14.4. The summed E-state index contributed by atoms with van der Waals surface area (Å²) in [5, 5.41) is 14.0. The number of nitriles is 1. The van der Waals surface area contributed by atoms with Crippen LogP contribution < -0.4 is 4.74 Å². The molecule has 1 aromatic heterocycles. The fraction of sp³-hybridized carbons (Fsp3) is 0.467. The molecule has 0 N–H and O–H groups in total. The predicted molar refractivity (Wildman–Crippen MR) is 89.2 cm³/mol. The zero-order chi connectivity index (χ0) is 16.4. The molecule has 5 nitrogen and oxygen atoms in total. The highest BCUT2D eigenvalue weighted by Gasteiger charge is 2.25. The average Bonchev–Trinajstić information content (AvgIpc) is 2.77. The van der Waals surface area contributed by atoms with Gasteiger partial charge in [-0.1, -0.05) is 0 Å². The Kier molecular flexibility index (Phi) is 4.96. The molecule has 1 aliphatic rings. The number of hydrogen-bond acceptors (Lipinski definition) is 4. The Morgan fingerprint density at radius 1 is 1.39 bits per heavy atom. The van der Waals surface area contributed by atoms with Crippen LogP contribution in [0.5, 0.6) is 5.75 Å². The first kappa shape index (κ1) is 16.4. The molecule has 1 aromatic carbocycles. The Hall–Kier alpha value is -1.47. The summed E-state index contributed by atoms with van der Waals surface area (Å²) in [6.07, 6.45) is 0.931. The van der Waals surface area contributed by atoms with E-state index in [0.717, 1.165) is 47.2 Å². The molecule has 1 saturated heterocycles. The number of fused-ring (bicyclic) bond motifs is 1. The maximum absolute atomic E-state index is 12.3. The van der Waals surface area contributed by atoms with Crippen molar-refractivity contribution < 1.29 is 13.5 Å². The molecule has 8 heteroatoms. The van der Waals surface area contributed by atoms with Crippen LogP contribution in [0.25, 0.3) is 10.9 Å². The molecule has 2 heterocycles. The van der Waals surface area contributed by atoms with E-state index < -0.39 is 6.61 Å². The number of likely N-dealkylation sites (tertiary alicyclic amines) is 1. The van der Waals surface area contributed by atoms with Gasteiger partial charge in [0.25, 0.3) is 0 Å². The van der Waals surface area contributed by atoms with E-state index in [2.05, 4.69) is 43.4 Å². The van der Waals surface area contributed by atoms with E-state index in [1.807, 2.05) is 4.68 Å². The highest BCUT2D eigenvalue weighted by atomic mass is 127. The Bertz CT molecular complexity index is 737. The highest BCUT2D eigenvalue weighted by molar-refractivity contribution is 14.1. The lowest BCUT2D eigenvalue weighted by Crippen LogP contribution is -2.46. The van der Waals surface area contributed by atoms with Crippen LogP contribution in [0, 0.1) is 20.9 Å². The van der Waals surface area contributed by atoms with Crippen molar-refractivity contribution in [2.75, 3.05) is 19.6 Å². The molecule has 0 radical (unpaired) electrons. The van der Waals surface area contributed by atoms with Gasteiger partial charge in [0.15, 0.2) is 0 Å². The summed E-state index contributed by atoms with van der Waals surface area (Å²) in [6.45, 7) is 0.559. The van der Waals surface area contributed by atoms with Crippen molar-refractivity contribution in [2.24, 2.45) is 5.92 Å². The number of alkyl halides is 2. The Morgan fingerprint density at radius 2 is 2.17 bits per heavy atom. The van der Waals surface area contributed by atoms with Crippen molar-refractivity contribution in [1.29, 1.82) is 5.26 Å². The standard InChI is InChI=1S/C15H15F2IN4O/c16-15(17)23-11-2-3-13-12(6-11)14(18)20-22(13)5-1-4-21-8-10(7-19)9-21/h2-3,6,10,15H,1,4-5,8-9H2. The molecule has 0 unspecified atom stereocenters. The Morgan fingerprint density at radius 3 is 2.87 bits per heavy atom. The summed E-state index contributed by atoms with van der Waals surface area (Å²) in [5.74, 6) is 0.322. The number of rotatable bonds is 6. The average molecular weight is 432 g/mol. The zero-order valence-electron chi connectivity index (χ0n) is 12.3. The largest absolute Gasteiger partial charge is 0.435 e. The summed E-state index contributed by atoms with van der Waals surface area (Å²) < 4.78 is 31.7. The second-order valence-corrected chi connectivity index (χ2v) is 6.53. The summed E-state index contributed by atoms with van der Waals surface area (Å²) in [7, 11) is 0. The van der Waals surface area contributed by atoms with E-state index in [9.17, 15) is 8.78 Å². The molecule has 0 aliphatic carbocycles. The molecule has 1 fully saturated rings. The van der Waals surface area contributed by atoms with Gasteiger partial charge in [0.05, 0.1) is 17.5 Å². The molecule has 2 aromatic rings. The number of ether oxygens (including phenoxy) is 1. The van der Waals surface area contributed by atoms with Gasteiger partial charge in [-0.05, 0) is 53.8 Å². The maximum atomic E-state index is 12.3. The van der Waals surface area contributed by atoms with Crippen molar-refractivity contribution in [3.05, 3.63) is 21.9 Å². The first-order valence-electron chi connectivity index (χ1n) is 7.29. The molecule has 0 saturated carbocycles. The van der Waals surface area contributed by atoms with Crippen molar-refractivity contribution >= 4 is 33.5 Å². The maximum Gasteiger partial charge on any atom is 0.387 e. The third kappa shape index (κ3) is 3.72. The van der Waals surface area contributed by atoms with E-state index in [-0.39, 0.29) is 11.7 Å². The van der Waals surface area contributed by atoms with Gasteiger partial charge in [-0.2, -0.15) is 19.1 Å². The molecule has 122 valence electrons. The highest BCUT2D eigenvalue weighted by Crippen LogP contribution is 2.26. The van der Waals surface area contributed by atoms with Crippen LogP contribution >= 0.6 is 22.6 Å². The molecule has 0 bridgehead atoms. The van der Waals surface area contributed by atoms with Crippen molar-refractivity contribution in [1.82, 2.24) is 14.7 Å². The van der Waals surface area contributed by atoms with Gasteiger partial charge in [0.2, 0.25) is 0 Å². The molecule has 23 heavy (non-hydrogen) atoms. The first-order valence-corrected chi connectivity index (χ1v) is 8.37. The monoisotopic (exact) mass is 432 g/mol. The number of halogens is 3. The minimum Gasteiger partial charge on any atom is -0.435 e. The summed E-state index contributed by atoms with van der Waals surface area (Å²) in [6, 6.07) is 7.16. The van der Waals surface area contributed by atoms with Gasteiger partial charge in [0.1, 0.15) is 9.45 Å². The number of hydrogen-bond donors (Lipinski definition) is 0. The van der Waals surface area contributed by atoms with Crippen molar-refractivity contribution in [3.8, 4) is 11.8 Å². The van der Waals surface area contributed by atoms with Crippen LogP contribution in [-0.4, -0.2) is 40.9 Å². The van der Waals surface area contributed by atoms with Gasteiger partial charge in [-0.15, -0.1) is 0 Å². The summed E-state index contributed by atoms with van der Waals surface area (Å²) in [5.41, 5.74) is 0.912. The van der Waals surface area contributed by atoms with Gasteiger partial charge in [-0.25, -0.2) is 0 Å². The van der Waals surface area contributed by atoms with Crippen molar-refractivity contribution in [3.63, 3.8) is 0 Å². The van der Waals surface area contributed by atoms with E-state index in [1.54, 1.807) is 12.1 Å². The van der Waals surface area contributed by atoms with Gasteiger partial charge in [0, 0.05) is 25.0 Å². The molecule has 0 spiro atoms. The van der Waals surface area contributed by atoms with Crippen LogP contribution in [0.15, 0.2) is 18.2 Å². The van der Waals surface area contributed by atoms with E-state index in [1.165, 1.54) is 6.07 Å². The van der Waals surface area contributed by atoms with Gasteiger partial charge in [-0.3, -0.25) is 4.68 Å². The number of aromatic nitrogens is 2. The fourth-order valence-electron chi connectivity index (χ4n) is 2.74. The molecule has 0 atom stereocenters. The van der Waals surface area contributed by atoms with Gasteiger partial charge < -0.3 is 9.64 Å². The minimum atomic E-state index is -2.83. The topological polar surface area (TPSA) is 54.1 Å². The summed E-state index contributed by atoms with van der Waals surface area (Å²) in [4.78, 5) is 2.25. The molecular weight excluding hydrogens is 417 g/mol. The third-order valence-corrected chi connectivity index (χ3v) is 4.68. The lowest BCUT2D eigenvalue weighted by atomic mass is 10.0. The molecule has 1 aliphatic heterocycles. The minimum absolute atomic E-state index is 0.146. The normalized spacial score (nSPS) is 15.8. The smallest absolute Gasteiger partial charge is 0.387 e. The van der Waals surface area contributed by atoms with Crippen LogP contribution in [-0.2, 0) is 6.54 Å². The molecular formula is C15H15F2IN4O. The summed E-state index contributed by atoms with van der Waals surface area (Å²) >= 11 is 2.10. The quantitative estimate of drug-likeness (QED) is 0.659. The molecule has 3 rings (SSSR count). The number of aryl methyl sites for hydroxylation is 1. The van der Waals surface area contributed by atoms with Crippen LogP contribution in [0.2, 0.25) is 0 Å². The van der Waals surface area contributed by atoms with E-state index in [4.69, 9.17) is 5.26 Å². The second-order valence-electron chi connectivity index (χ2n) is 5.51. The van der Waals surface area contributed by atoms with E-state index >= 15 is 0 Å². The fourth-order valence-corrected chi connectivity index (χ4v) is 3.44. The molecule has 0 amide bonds. The van der Waals surface area contributed by atoms with Gasteiger partial charge >= 0.3 is 6.61 Å². The first-order chi connectivity index (χ1) is 11.1. The number of nitrogens with zero attached hydrogens (tertiary/aromatic N) is 4. The predicted octanol–water partition coefficient (Wildman–Crippen LogP) is 3.09. The van der Waals surface area contributed by atoms with E-state index in [0.29, 0.717) is 0 Å². The van der Waals surface area contributed by atoms with Crippen molar-refractivity contribution in [2.45, 2.75) is 19.6 Å². The van der Waals surface area contributed by atoms with Crippen LogP contribution in [0.1, 0.15) is 6.42 Å². The lowest BCUT2D eigenvalue weighted by Gasteiger charge is -2.35. The SMILES string of the molecule is N#CC1CN(CCCn2nc(I)c3cc(OC(F)F)ccc32)C1. The lowest BCUT2D eigenvalue weighted by molar-refractivity contribution is -0.0497.